The summed E-state index contributed by atoms with van der Waals surface area (Å²) in [4.78, 5) is 6.22. The van der Waals surface area contributed by atoms with E-state index in [-0.39, 0.29) is 5.82 Å². The molecule has 0 saturated carbocycles. The first-order chi connectivity index (χ1) is 9.40. The lowest BCUT2D eigenvalue weighted by atomic mass is 10.2. The topological polar surface area (TPSA) is 54.2 Å². The third-order valence-electron chi connectivity index (χ3n) is 2.83. The van der Waals surface area contributed by atoms with Gasteiger partial charge in [0.15, 0.2) is 0 Å². The number of pyridine rings is 1. The number of hydrazine groups is 1. The first-order valence-corrected chi connectivity index (χ1v) is 7.30. The number of anilines is 1. The van der Waals surface area contributed by atoms with E-state index in [1.54, 1.807) is 0 Å². The monoisotopic (exact) mass is 308 g/mol. The van der Waals surface area contributed by atoms with E-state index in [1.807, 2.05) is 13.8 Å². The number of nitrogens with one attached hydrogen (secondary N) is 1. The fraction of sp³-hybridized carbons (Fsp3) is 0.583. The van der Waals surface area contributed by atoms with Gasteiger partial charge < -0.3 is 10.3 Å². The number of hydrogen-bond acceptors (Lipinski definition) is 5. The Bertz CT molecular complexity index is 422. The van der Waals surface area contributed by atoms with Crippen molar-refractivity contribution >= 4 is 17.6 Å². The van der Waals surface area contributed by atoms with Crippen LogP contribution in [0.15, 0.2) is 17.2 Å². The highest BCUT2D eigenvalue weighted by atomic mass is 32.2. The number of halogens is 3. The van der Waals surface area contributed by atoms with Crippen molar-refractivity contribution in [3.63, 3.8) is 0 Å². The van der Waals surface area contributed by atoms with Crippen molar-refractivity contribution in [3.8, 4) is 0 Å². The molecule has 0 spiro atoms. The molecular weight excluding hydrogens is 289 g/mol. The molecule has 0 aromatic carbocycles. The van der Waals surface area contributed by atoms with Crippen LogP contribution in [0, 0.1) is 0 Å². The normalized spacial score (nSPS) is 11.9. The second kappa shape index (κ2) is 7.70. The van der Waals surface area contributed by atoms with Crippen LogP contribution >= 0.6 is 11.8 Å². The zero-order chi connectivity index (χ0) is 15.2. The van der Waals surface area contributed by atoms with Gasteiger partial charge in [0.1, 0.15) is 5.82 Å². The van der Waals surface area contributed by atoms with Crippen molar-refractivity contribution in [2.45, 2.75) is 25.0 Å². The quantitative estimate of drug-likeness (QED) is 0.461. The molecule has 3 N–H and O–H groups in total. The van der Waals surface area contributed by atoms with E-state index < -0.39 is 11.7 Å². The van der Waals surface area contributed by atoms with Crippen LogP contribution in [0.5, 0.6) is 0 Å². The van der Waals surface area contributed by atoms with E-state index in [2.05, 4.69) is 15.3 Å². The lowest BCUT2D eigenvalue weighted by Gasteiger charge is -2.17. The minimum atomic E-state index is -4.40. The molecule has 0 fully saturated rings. The van der Waals surface area contributed by atoms with Crippen LogP contribution in [0.25, 0.3) is 0 Å². The van der Waals surface area contributed by atoms with Crippen LogP contribution in [-0.4, -0.2) is 35.3 Å². The average molecular weight is 308 g/mol. The zero-order valence-corrected chi connectivity index (χ0v) is 12.3. The van der Waals surface area contributed by atoms with Crippen LogP contribution in [-0.2, 0) is 6.18 Å². The summed E-state index contributed by atoms with van der Waals surface area (Å²) in [5.41, 5.74) is 1.42. The summed E-state index contributed by atoms with van der Waals surface area (Å²) < 4.78 is 38.2. The van der Waals surface area contributed by atoms with E-state index in [1.165, 1.54) is 11.8 Å². The second-order valence-electron chi connectivity index (χ2n) is 4.10. The van der Waals surface area contributed by atoms with Crippen LogP contribution in [0.3, 0.4) is 0 Å². The molecular formula is C12H19F3N4S. The standard InChI is InChI=1S/C12H19F3N4S/c1-3-19(4-2)5-6-20-11-8-9(12(13,14)15)7-10(17-11)18-16/h7-8H,3-6,16H2,1-2H3,(H,17,18). The van der Waals surface area contributed by atoms with E-state index >= 15 is 0 Å². The molecule has 0 aliphatic carbocycles. The molecule has 4 nitrogen and oxygen atoms in total. The Morgan fingerprint density at radius 1 is 1.30 bits per heavy atom. The largest absolute Gasteiger partial charge is 0.416 e. The van der Waals surface area contributed by atoms with Gasteiger partial charge in [0.2, 0.25) is 0 Å². The van der Waals surface area contributed by atoms with Gasteiger partial charge in [-0.25, -0.2) is 10.8 Å². The van der Waals surface area contributed by atoms with Gasteiger partial charge in [0.25, 0.3) is 0 Å². The zero-order valence-electron chi connectivity index (χ0n) is 11.5. The second-order valence-corrected chi connectivity index (χ2v) is 5.21. The Kier molecular flexibility index (Phi) is 6.57. The van der Waals surface area contributed by atoms with Crippen LogP contribution < -0.4 is 11.3 Å². The third-order valence-corrected chi connectivity index (χ3v) is 3.72. The molecule has 0 aliphatic rings. The van der Waals surface area contributed by atoms with Gasteiger partial charge in [0.05, 0.1) is 10.6 Å². The van der Waals surface area contributed by atoms with Crippen molar-refractivity contribution < 1.29 is 13.2 Å². The summed E-state index contributed by atoms with van der Waals surface area (Å²) in [5, 5.41) is 0.319. The molecule has 20 heavy (non-hydrogen) atoms. The van der Waals surface area contributed by atoms with Gasteiger partial charge in [-0.1, -0.05) is 13.8 Å². The number of nitrogens with zero attached hydrogens (tertiary/aromatic N) is 2. The van der Waals surface area contributed by atoms with Crippen molar-refractivity contribution in [1.29, 1.82) is 0 Å². The lowest BCUT2D eigenvalue weighted by molar-refractivity contribution is -0.137. The maximum atomic E-state index is 12.7. The number of thioether (sulfide) groups is 1. The smallest absolute Gasteiger partial charge is 0.308 e. The van der Waals surface area contributed by atoms with Gasteiger partial charge in [0, 0.05) is 12.3 Å². The van der Waals surface area contributed by atoms with Gasteiger partial charge in [-0.3, -0.25) is 0 Å². The first kappa shape index (κ1) is 17.1. The fourth-order valence-electron chi connectivity index (χ4n) is 1.64. The molecule has 0 radical (unpaired) electrons. The SMILES string of the molecule is CCN(CC)CCSc1cc(C(F)(F)F)cc(NN)n1. The Hall–Kier alpha value is -0.990. The van der Waals surface area contributed by atoms with E-state index in [9.17, 15) is 13.2 Å². The molecule has 1 rings (SSSR count). The summed E-state index contributed by atoms with van der Waals surface area (Å²) in [6.07, 6.45) is -4.40. The number of rotatable bonds is 7. The number of nitrogen functional groups attached to an aromatic ring is 1. The molecule has 1 aromatic rings. The maximum Gasteiger partial charge on any atom is 0.416 e. The number of nitrogens with two attached hydrogens (primary N) is 1. The van der Waals surface area contributed by atoms with Crippen LogP contribution in [0.2, 0.25) is 0 Å². The Balaban J connectivity index is 2.74. The molecule has 0 unspecified atom stereocenters. The molecule has 1 aromatic heterocycles. The van der Waals surface area contributed by atoms with E-state index in [0.29, 0.717) is 10.8 Å². The molecule has 1 heterocycles. The van der Waals surface area contributed by atoms with Gasteiger partial charge >= 0.3 is 6.18 Å². The molecule has 0 amide bonds. The molecule has 0 saturated heterocycles. The minimum absolute atomic E-state index is 0.0187. The van der Waals surface area contributed by atoms with Gasteiger partial charge in [-0.2, -0.15) is 13.2 Å². The average Bonchev–Trinajstić information content (AvgIpc) is 2.42. The predicted octanol–water partition coefficient (Wildman–Crippen LogP) is 2.82. The molecule has 0 bridgehead atoms. The van der Waals surface area contributed by atoms with E-state index in [0.717, 1.165) is 31.8 Å². The third kappa shape index (κ3) is 5.18. The summed E-state index contributed by atoms with van der Waals surface area (Å²) in [5.74, 6) is 5.85. The number of alkyl halides is 3. The summed E-state index contributed by atoms with van der Waals surface area (Å²) >= 11 is 1.29. The highest BCUT2D eigenvalue weighted by molar-refractivity contribution is 7.99. The molecule has 0 atom stereocenters. The van der Waals surface area contributed by atoms with Gasteiger partial charge in [-0.15, -0.1) is 11.8 Å². The van der Waals surface area contributed by atoms with Crippen molar-refractivity contribution in [3.05, 3.63) is 17.7 Å². The van der Waals surface area contributed by atoms with Crippen LogP contribution in [0.4, 0.5) is 19.0 Å². The van der Waals surface area contributed by atoms with Crippen LogP contribution in [0.1, 0.15) is 19.4 Å². The molecule has 0 aliphatic heterocycles. The summed E-state index contributed by atoms with van der Waals surface area (Å²) in [6.45, 7) is 6.74. The lowest BCUT2D eigenvalue weighted by Crippen LogP contribution is -2.25. The summed E-state index contributed by atoms with van der Waals surface area (Å²) in [6, 6.07) is 1.95. The Morgan fingerprint density at radius 3 is 2.45 bits per heavy atom. The minimum Gasteiger partial charge on any atom is -0.308 e. The van der Waals surface area contributed by atoms with Crippen molar-refractivity contribution in [2.24, 2.45) is 5.84 Å². The highest BCUT2D eigenvalue weighted by Gasteiger charge is 2.31. The highest BCUT2D eigenvalue weighted by Crippen LogP contribution is 2.32. The Labute approximate surface area is 120 Å². The Morgan fingerprint density at radius 2 is 1.95 bits per heavy atom. The summed E-state index contributed by atoms with van der Waals surface area (Å²) in [7, 11) is 0. The van der Waals surface area contributed by atoms with Crippen molar-refractivity contribution in [1.82, 2.24) is 9.88 Å². The molecule has 114 valence electrons. The van der Waals surface area contributed by atoms with Gasteiger partial charge in [-0.05, 0) is 25.2 Å². The van der Waals surface area contributed by atoms with Crippen molar-refractivity contribution in [2.75, 3.05) is 30.8 Å². The number of hydrogen-bond donors (Lipinski definition) is 2. The number of aromatic nitrogens is 1. The maximum absolute atomic E-state index is 12.7. The fourth-order valence-corrected chi connectivity index (χ4v) is 2.57. The molecule has 8 heteroatoms. The van der Waals surface area contributed by atoms with E-state index in [4.69, 9.17) is 5.84 Å². The first-order valence-electron chi connectivity index (χ1n) is 6.31. The predicted molar refractivity (Wildman–Crippen MR) is 75.6 cm³/mol.